The minimum atomic E-state index is -0.888. The number of hydrogen-bond donors (Lipinski definition) is 1. The van der Waals surface area contributed by atoms with Crippen LogP contribution in [0.4, 0.5) is 0 Å². The Balaban J connectivity index is 1.91. The van der Waals surface area contributed by atoms with Gasteiger partial charge in [-0.05, 0) is 19.3 Å². The van der Waals surface area contributed by atoms with E-state index in [1.165, 1.54) is 9.80 Å². The highest BCUT2D eigenvalue weighted by atomic mass is 32.2. The second kappa shape index (κ2) is 9.96. The third-order valence-corrected chi connectivity index (χ3v) is 6.12. The second-order valence-corrected chi connectivity index (χ2v) is 8.19. The molecule has 8 nitrogen and oxygen atoms in total. The molecule has 2 aliphatic heterocycles. The molecule has 3 amide bonds. The number of likely N-dealkylation sites (N-methyl/N-ethyl adjacent to an activating group) is 1. The molecule has 9 heteroatoms. The highest BCUT2D eigenvalue weighted by Crippen LogP contribution is 2.24. The molecular weight excluding hydrogens is 370 g/mol. The molecule has 0 aromatic heterocycles. The molecule has 2 unspecified atom stereocenters. The third kappa shape index (κ3) is 5.60. The maximum absolute atomic E-state index is 12.8. The van der Waals surface area contributed by atoms with Crippen LogP contribution in [-0.2, 0) is 19.2 Å². The summed E-state index contributed by atoms with van der Waals surface area (Å²) in [5.41, 5.74) is 0. The Morgan fingerprint density at radius 2 is 1.96 bits per heavy atom. The van der Waals surface area contributed by atoms with Crippen LogP contribution < -0.4 is 0 Å². The monoisotopic (exact) mass is 399 g/mol. The van der Waals surface area contributed by atoms with Gasteiger partial charge >= 0.3 is 5.97 Å². The fourth-order valence-electron chi connectivity index (χ4n) is 3.41. The number of carbonyl (C=O) groups is 4. The summed E-state index contributed by atoms with van der Waals surface area (Å²) in [4.78, 5) is 53.3. The van der Waals surface area contributed by atoms with E-state index in [1.54, 1.807) is 23.7 Å². The number of likely N-dealkylation sites (tertiary alicyclic amines) is 1. The molecule has 0 spiro atoms. The number of rotatable bonds is 7. The van der Waals surface area contributed by atoms with Gasteiger partial charge < -0.3 is 19.8 Å². The van der Waals surface area contributed by atoms with Gasteiger partial charge in [0.05, 0.1) is 18.3 Å². The maximum atomic E-state index is 12.8. The Morgan fingerprint density at radius 3 is 2.63 bits per heavy atom. The molecule has 2 aliphatic rings. The Kier molecular flexibility index (Phi) is 7.94. The summed E-state index contributed by atoms with van der Waals surface area (Å²) in [5.74, 6) is -0.868. The van der Waals surface area contributed by atoms with Crippen LogP contribution in [0, 0.1) is 5.92 Å². The van der Waals surface area contributed by atoms with Gasteiger partial charge in [-0.3, -0.25) is 19.2 Å². The smallest absolute Gasteiger partial charge is 0.308 e. The first kappa shape index (κ1) is 21.5. The highest BCUT2D eigenvalue weighted by Gasteiger charge is 2.37. The van der Waals surface area contributed by atoms with Gasteiger partial charge in [-0.2, -0.15) is 0 Å². The molecule has 0 bridgehead atoms. The summed E-state index contributed by atoms with van der Waals surface area (Å²) >= 11 is 1.55. The largest absolute Gasteiger partial charge is 0.481 e. The standard InChI is InChI=1S/C18H29N3O5S/c1-3-4-7-15(22)21-12-27-11-14(21)17(24)19(2)10-16(23)20-8-5-6-13(9-20)18(25)26/h13-14H,3-12H2,1-2H3,(H,25,26). The Labute approximate surface area is 164 Å². The van der Waals surface area contributed by atoms with E-state index < -0.39 is 17.9 Å². The number of nitrogens with zero attached hydrogens (tertiary/aromatic N) is 3. The Hall–Kier alpha value is -1.77. The fourth-order valence-corrected chi connectivity index (χ4v) is 4.58. The first-order valence-corrected chi connectivity index (χ1v) is 10.6. The van der Waals surface area contributed by atoms with Crippen molar-refractivity contribution in [1.29, 1.82) is 0 Å². The minimum absolute atomic E-state index is 0.0137. The number of hydrogen-bond acceptors (Lipinski definition) is 5. The van der Waals surface area contributed by atoms with Gasteiger partial charge in [0.25, 0.3) is 0 Å². The molecule has 0 aromatic carbocycles. The molecule has 0 aromatic rings. The lowest BCUT2D eigenvalue weighted by Gasteiger charge is -2.33. The number of unbranched alkanes of at least 4 members (excludes halogenated alkanes) is 1. The number of aliphatic carboxylic acids is 1. The van der Waals surface area contributed by atoms with Gasteiger partial charge in [0, 0.05) is 32.3 Å². The van der Waals surface area contributed by atoms with E-state index in [4.69, 9.17) is 5.11 Å². The molecule has 0 aliphatic carbocycles. The summed E-state index contributed by atoms with van der Waals surface area (Å²) in [7, 11) is 1.57. The van der Waals surface area contributed by atoms with Crippen molar-refractivity contribution in [1.82, 2.24) is 14.7 Å². The van der Waals surface area contributed by atoms with E-state index in [-0.39, 0.29) is 30.8 Å². The summed E-state index contributed by atoms with van der Waals surface area (Å²) in [6.07, 6.45) is 3.39. The number of carboxylic acids is 1. The van der Waals surface area contributed by atoms with Crippen molar-refractivity contribution < 1.29 is 24.3 Å². The predicted molar refractivity (Wildman–Crippen MR) is 102 cm³/mol. The Bertz CT molecular complexity index is 585. The van der Waals surface area contributed by atoms with Crippen LogP contribution in [0.3, 0.4) is 0 Å². The summed E-state index contributed by atoms with van der Waals surface area (Å²) in [5, 5.41) is 9.15. The van der Waals surface area contributed by atoms with Crippen LogP contribution >= 0.6 is 11.8 Å². The third-order valence-electron chi connectivity index (χ3n) is 5.10. The number of piperidine rings is 1. The molecule has 2 rings (SSSR count). The summed E-state index contributed by atoms with van der Waals surface area (Å²) in [6.45, 7) is 2.63. The van der Waals surface area contributed by atoms with E-state index in [0.29, 0.717) is 37.4 Å². The lowest BCUT2D eigenvalue weighted by atomic mass is 9.98. The zero-order valence-corrected chi connectivity index (χ0v) is 16.9. The van der Waals surface area contributed by atoms with Crippen molar-refractivity contribution in [2.45, 2.75) is 45.1 Å². The van der Waals surface area contributed by atoms with E-state index in [2.05, 4.69) is 0 Å². The van der Waals surface area contributed by atoms with Gasteiger partial charge in [0.15, 0.2) is 0 Å². The molecule has 0 radical (unpaired) electrons. The van der Waals surface area contributed by atoms with Crippen molar-refractivity contribution in [3.63, 3.8) is 0 Å². The lowest BCUT2D eigenvalue weighted by molar-refractivity contribution is -0.148. The molecule has 1 N–H and O–H groups in total. The number of amides is 3. The molecule has 2 saturated heterocycles. The van der Waals surface area contributed by atoms with Crippen molar-refractivity contribution in [2.24, 2.45) is 5.92 Å². The van der Waals surface area contributed by atoms with Crippen LogP contribution in [0.1, 0.15) is 39.0 Å². The normalized spacial score (nSPS) is 22.6. The SMILES string of the molecule is CCCCC(=O)N1CSCC1C(=O)N(C)CC(=O)N1CCCC(C(=O)O)C1. The average Bonchev–Trinajstić information content (AvgIpc) is 3.15. The first-order chi connectivity index (χ1) is 12.8. The average molecular weight is 400 g/mol. The molecule has 27 heavy (non-hydrogen) atoms. The molecule has 2 atom stereocenters. The van der Waals surface area contributed by atoms with Gasteiger partial charge in [-0.25, -0.2) is 0 Å². The van der Waals surface area contributed by atoms with Crippen LogP contribution in [0.5, 0.6) is 0 Å². The van der Waals surface area contributed by atoms with Crippen LogP contribution in [-0.4, -0.2) is 87.9 Å². The molecule has 152 valence electrons. The fraction of sp³-hybridized carbons (Fsp3) is 0.778. The van der Waals surface area contributed by atoms with Gasteiger partial charge in [-0.15, -0.1) is 11.8 Å². The van der Waals surface area contributed by atoms with E-state index in [1.807, 2.05) is 6.92 Å². The zero-order chi connectivity index (χ0) is 20.0. The summed E-state index contributed by atoms with van der Waals surface area (Å²) in [6, 6.07) is -0.523. The summed E-state index contributed by atoms with van der Waals surface area (Å²) < 4.78 is 0. The first-order valence-electron chi connectivity index (χ1n) is 9.47. The molecular formula is C18H29N3O5S. The number of thioether (sulfide) groups is 1. The van der Waals surface area contributed by atoms with Crippen molar-refractivity contribution in [3.8, 4) is 0 Å². The van der Waals surface area contributed by atoms with Gasteiger partial charge in [0.2, 0.25) is 17.7 Å². The quantitative estimate of drug-likeness (QED) is 0.682. The number of carbonyl (C=O) groups excluding carboxylic acids is 3. The predicted octanol–water partition coefficient (Wildman–Crippen LogP) is 0.860. The van der Waals surface area contributed by atoms with E-state index >= 15 is 0 Å². The molecule has 0 saturated carbocycles. The zero-order valence-electron chi connectivity index (χ0n) is 16.1. The van der Waals surface area contributed by atoms with Crippen LogP contribution in [0.2, 0.25) is 0 Å². The topological polar surface area (TPSA) is 98.2 Å². The maximum Gasteiger partial charge on any atom is 0.308 e. The van der Waals surface area contributed by atoms with Crippen molar-refractivity contribution >= 4 is 35.5 Å². The van der Waals surface area contributed by atoms with E-state index in [0.717, 1.165) is 12.8 Å². The van der Waals surface area contributed by atoms with E-state index in [9.17, 15) is 19.2 Å². The second-order valence-electron chi connectivity index (χ2n) is 7.19. The minimum Gasteiger partial charge on any atom is -0.481 e. The molecule has 2 heterocycles. The van der Waals surface area contributed by atoms with Crippen LogP contribution in [0.15, 0.2) is 0 Å². The van der Waals surface area contributed by atoms with Crippen LogP contribution in [0.25, 0.3) is 0 Å². The van der Waals surface area contributed by atoms with Gasteiger partial charge in [-0.1, -0.05) is 13.3 Å². The highest BCUT2D eigenvalue weighted by molar-refractivity contribution is 7.99. The van der Waals surface area contributed by atoms with Crippen molar-refractivity contribution in [3.05, 3.63) is 0 Å². The van der Waals surface area contributed by atoms with Gasteiger partial charge in [0.1, 0.15) is 6.04 Å². The van der Waals surface area contributed by atoms with Crippen molar-refractivity contribution in [2.75, 3.05) is 38.3 Å². The Morgan fingerprint density at radius 1 is 1.22 bits per heavy atom. The number of carboxylic acid groups (broad SMARTS) is 1. The molecule has 2 fully saturated rings. The lowest BCUT2D eigenvalue weighted by Crippen LogP contribution is -2.51.